The van der Waals surface area contributed by atoms with Crippen LogP contribution in [0.4, 0.5) is 0 Å². The highest BCUT2D eigenvalue weighted by molar-refractivity contribution is 5.89. The Morgan fingerprint density at radius 2 is 1.56 bits per heavy atom. The zero-order valence-electron chi connectivity index (χ0n) is 23.1. The van der Waals surface area contributed by atoms with Crippen molar-refractivity contribution < 1.29 is 28.5 Å². The Morgan fingerprint density at radius 1 is 0.878 bits per heavy atom. The molecule has 41 heavy (non-hydrogen) atoms. The molecular formula is C31H34N4O6. The Kier molecular flexibility index (Phi) is 9.53. The molecule has 5 rings (SSSR count). The summed E-state index contributed by atoms with van der Waals surface area (Å²) in [5, 5.41) is 0. The van der Waals surface area contributed by atoms with E-state index in [0.717, 1.165) is 19.3 Å². The second-order valence-electron chi connectivity index (χ2n) is 9.97. The zero-order valence-corrected chi connectivity index (χ0v) is 23.1. The van der Waals surface area contributed by atoms with Crippen LogP contribution in [0, 0.1) is 5.92 Å². The van der Waals surface area contributed by atoms with E-state index in [2.05, 4.69) is 21.9 Å². The number of carbonyl (C=O) groups excluding carboxylic acids is 2. The van der Waals surface area contributed by atoms with E-state index >= 15 is 0 Å². The molecular weight excluding hydrogens is 524 g/mol. The first-order valence-corrected chi connectivity index (χ1v) is 14.0. The SMILES string of the molecule is CCCCCCOc1ncnc2c1ncn2[C@H]1C[C@H](COC(=O)c2ccccc2)[C@@H](COC(=O)c2ccccc2)O1. The maximum atomic E-state index is 12.6. The van der Waals surface area contributed by atoms with Crippen molar-refractivity contribution in [2.45, 2.75) is 51.4 Å². The fourth-order valence-corrected chi connectivity index (χ4v) is 4.81. The summed E-state index contributed by atoms with van der Waals surface area (Å²) in [6, 6.07) is 17.6. The van der Waals surface area contributed by atoms with Crippen LogP contribution < -0.4 is 4.74 Å². The van der Waals surface area contributed by atoms with E-state index in [1.807, 2.05) is 16.7 Å². The first-order chi connectivity index (χ1) is 20.1. The average Bonchev–Trinajstić information content (AvgIpc) is 3.64. The minimum atomic E-state index is -0.509. The van der Waals surface area contributed by atoms with Crippen molar-refractivity contribution in [1.29, 1.82) is 0 Å². The first kappa shape index (κ1) is 28.2. The van der Waals surface area contributed by atoms with Gasteiger partial charge in [0.05, 0.1) is 30.7 Å². The minimum Gasteiger partial charge on any atom is -0.476 e. The van der Waals surface area contributed by atoms with Crippen molar-refractivity contribution in [1.82, 2.24) is 19.5 Å². The highest BCUT2D eigenvalue weighted by atomic mass is 16.6. The van der Waals surface area contributed by atoms with E-state index in [4.69, 9.17) is 18.9 Å². The molecule has 10 heteroatoms. The maximum Gasteiger partial charge on any atom is 0.338 e. The Labute approximate surface area is 238 Å². The minimum absolute atomic E-state index is 0.00547. The molecule has 1 aliphatic rings. The van der Waals surface area contributed by atoms with Crippen LogP contribution in [0.1, 0.15) is 66.0 Å². The lowest BCUT2D eigenvalue weighted by atomic mass is 10.0. The molecule has 0 aliphatic carbocycles. The van der Waals surface area contributed by atoms with Crippen LogP contribution in [0.25, 0.3) is 11.2 Å². The standard InChI is InChI=1S/C31H34N4O6/c1-2-3-4-11-16-38-29-27-28(32-20-33-29)35(21-34-27)26-17-24(18-39-30(36)22-12-7-5-8-13-22)25(41-26)19-40-31(37)23-14-9-6-10-15-23/h5-10,12-15,20-21,24-26H,2-4,11,16-19H2,1H3/t24-,25-,26-/m1/s1. The number of rotatable bonds is 13. The van der Waals surface area contributed by atoms with Crippen LogP contribution in [0.5, 0.6) is 5.88 Å². The largest absolute Gasteiger partial charge is 0.476 e. The molecule has 0 saturated carbocycles. The summed E-state index contributed by atoms with van der Waals surface area (Å²) in [7, 11) is 0. The summed E-state index contributed by atoms with van der Waals surface area (Å²) in [4.78, 5) is 38.5. The van der Waals surface area contributed by atoms with E-state index < -0.39 is 24.3 Å². The van der Waals surface area contributed by atoms with E-state index in [0.29, 0.717) is 41.2 Å². The van der Waals surface area contributed by atoms with Crippen LogP contribution in [-0.4, -0.2) is 57.4 Å². The van der Waals surface area contributed by atoms with E-state index in [1.165, 1.54) is 12.7 Å². The van der Waals surface area contributed by atoms with Gasteiger partial charge in [0.1, 0.15) is 25.3 Å². The highest BCUT2D eigenvalue weighted by Gasteiger charge is 2.39. The van der Waals surface area contributed by atoms with Gasteiger partial charge in [0.25, 0.3) is 0 Å². The van der Waals surface area contributed by atoms with Crippen LogP contribution in [0.3, 0.4) is 0 Å². The van der Waals surface area contributed by atoms with Gasteiger partial charge in [-0.05, 0) is 30.7 Å². The second-order valence-corrected chi connectivity index (χ2v) is 9.97. The molecule has 0 radical (unpaired) electrons. The number of hydrogen-bond donors (Lipinski definition) is 0. The van der Waals surface area contributed by atoms with Gasteiger partial charge < -0.3 is 18.9 Å². The van der Waals surface area contributed by atoms with Gasteiger partial charge in [0.15, 0.2) is 11.2 Å². The summed E-state index contributed by atoms with van der Waals surface area (Å²) in [6.45, 7) is 2.84. The molecule has 1 aliphatic heterocycles. The molecule has 0 spiro atoms. The number of nitrogens with zero attached hydrogens (tertiary/aromatic N) is 4. The molecule has 2 aromatic heterocycles. The molecule has 0 N–H and O–H groups in total. The van der Waals surface area contributed by atoms with Crippen LogP contribution in [0.15, 0.2) is 73.3 Å². The van der Waals surface area contributed by atoms with Crippen LogP contribution in [0.2, 0.25) is 0 Å². The predicted octanol–water partition coefficient (Wildman–Crippen LogP) is 5.40. The summed E-state index contributed by atoms with van der Waals surface area (Å²) in [5.41, 5.74) is 2.05. The third-order valence-electron chi connectivity index (χ3n) is 7.06. The molecule has 1 fully saturated rings. The van der Waals surface area contributed by atoms with Gasteiger partial charge in [0, 0.05) is 12.3 Å². The highest BCUT2D eigenvalue weighted by Crippen LogP contribution is 2.36. The van der Waals surface area contributed by atoms with Crippen molar-refractivity contribution in [3.63, 3.8) is 0 Å². The van der Waals surface area contributed by atoms with E-state index in [9.17, 15) is 9.59 Å². The van der Waals surface area contributed by atoms with Gasteiger partial charge in [-0.1, -0.05) is 62.6 Å². The molecule has 10 nitrogen and oxygen atoms in total. The monoisotopic (exact) mass is 558 g/mol. The maximum absolute atomic E-state index is 12.6. The molecule has 2 aromatic carbocycles. The van der Waals surface area contributed by atoms with Gasteiger partial charge in [-0.15, -0.1) is 0 Å². The fraction of sp³-hybridized carbons (Fsp3) is 0.387. The van der Waals surface area contributed by atoms with Crippen LogP contribution >= 0.6 is 0 Å². The van der Waals surface area contributed by atoms with Gasteiger partial charge in [-0.2, -0.15) is 4.98 Å². The van der Waals surface area contributed by atoms with Crippen molar-refractivity contribution in [3.05, 3.63) is 84.4 Å². The predicted molar refractivity (Wildman–Crippen MR) is 150 cm³/mol. The normalized spacial score (nSPS) is 18.3. The number of carbonyl (C=O) groups is 2. The number of hydrogen-bond acceptors (Lipinski definition) is 9. The second kappa shape index (κ2) is 13.8. The number of fused-ring (bicyclic) bond motifs is 1. The summed E-state index contributed by atoms with van der Waals surface area (Å²) in [6.07, 6.45) is 6.99. The molecule has 3 atom stereocenters. The van der Waals surface area contributed by atoms with Gasteiger partial charge in [0.2, 0.25) is 5.88 Å². The molecule has 1 saturated heterocycles. The lowest BCUT2D eigenvalue weighted by molar-refractivity contribution is -0.0438. The van der Waals surface area contributed by atoms with Crippen molar-refractivity contribution in [2.75, 3.05) is 19.8 Å². The summed E-state index contributed by atoms with van der Waals surface area (Å²) >= 11 is 0. The Morgan fingerprint density at radius 3 is 2.24 bits per heavy atom. The third kappa shape index (κ3) is 7.07. The van der Waals surface area contributed by atoms with Crippen LogP contribution in [-0.2, 0) is 14.2 Å². The average molecular weight is 559 g/mol. The molecule has 214 valence electrons. The number of aromatic nitrogens is 4. The summed E-state index contributed by atoms with van der Waals surface area (Å²) in [5.74, 6) is -0.662. The number of imidazole rings is 1. The lowest BCUT2D eigenvalue weighted by Gasteiger charge is -2.18. The van der Waals surface area contributed by atoms with Crippen molar-refractivity contribution >= 4 is 23.1 Å². The Bertz CT molecular complexity index is 1370. The molecule has 0 unspecified atom stereocenters. The smallest absolute Gasteiger partial charge is 0.338 e. The molecule has 3 heterocycles. The van der Waals surface area contributed by atoms with Gasteiger partial charge >= 0.3 is 11.9 Å². The number of unbranched alkanes of at least 4 members (excludes halogenated alkanes) is 3. The van der Waals surface area contributed by atoms with Gasteiger partial charge in [-0.3, -0.25) is 4.57 Å². The zero-order chi connectivity index (χ0) is 28.4. The third-order valence-corrected chi connectivity index (χ3v) is 7.06. The van der Waals surface area contributed by atoms with E-state index in [1.54, 1.807) is 54.9 Å². The van der Waals surface area contributed by atoms with E-state index in [-0.39, 0.29) is 19.1 Å². The Hall–Kier alpha value is -4.31. The number of ether oxygens (including phenoxy) is 4. The topological polar surface area (TPSA) is 115 Å². The fourth-order valence-electron chi connectivity index (χ4n) is 4.81. The first-order valence-electron chi connectivity index (χ1n) is 14.0. The summed E-state index contributed by atoms with van der Waals surface area (Å²) < 4.78 is 25.4. The van der Waals surface area contributed by atoms with Crippen molar-refractivity contribution in [2.24, 2.45) is 5.92 Å². The molecule has 0 bridgehead atoms. The number of esters is 2. The lowest BCUT2D eigenvalue weighted by Crippen LogP contribution is -2.28. The quantitative estimate of drug-likeness (QED) is 0.157. The Balaban J connectivity index is 1.29. The van der Waals surface area contributed by atoms with Gasteiger partial charge in [-0.25, -0.2) is 19.6 Å². The van der Waals surface area contributed by atoms with Crippen molar-refractivity contribution in [3.8, 4) is 5.88 Å². The number of benzene rings is 2. The molecule has 0 amide bonds. The molecule has 4 aromatic rings.